The summed E-state index contributed by atoms with van der Waals surface area (Å²) in [5.74, 6) is -0.480. The van der Waals surface area contributed by atoms with E-state index in [0.29, 0.717) is 29.1 Å². The van der Waals surface area contributed by atoms with Gasteiger partial charge in [0.05, 0.1) is 17.6 Å². The van der Waals surface area contributed by atoms with Crippen molar-refractivity contribution in [3.05, 3.63) is 102 Å². The normalized spacial score (nSPS) is 15.1. The largest absolute Gasteiger partial charge is 0.381 e. The predicted molar refractivity (Wildman–Crippen MR) is 158 cm³/mol. The summed E-state index contributed by atoms with van der Waals surface area (Å²) in [7, 11) is 0. The van der Waals surface area contributed by atoms with Crippen molar-refractivity contribution in [2.45, 2.75) is 32.7 Å². The Bertz CT molecular complexity index is 1570. The van der Waals surface area contributed by atoms with E-state index in [1.165, 1.54) is 30.5 Å². The zero-order valence-electron chi connectivity index (χ0n) is 22.6. The molecule has 4 heterocycles. The van der Waals surface area contributed by atoms with Crippen molar-refractivity contribution >= 4 is 22.9 Å². The highest BCUT2D eigenvalue weighted by atomic mass is 19.1. The predicted octanol–water partition coefficient (Wildman–Crippen LogP) is 6.77. The lowest BCUT2D eigenvalue weighted by atomic mass is 9.90. The number of fused-ring (bicyclic) bond motifs is 1. The van der Waals surface area contributed by atoms with E-state index in [2.05, 4.69) is 50.6 Å². The summed E-state index contributed by atoms with van der Waals surface area (Å²) >= 11 is 0. The molecule has 7 heteroatoms. The molecule has 2 aromatic carbocycles. The van der Waals surface area contributed by atoms with Gasteiger partial charge in [0.15, 0.2) is 0 Å². The maximum Gasteiger partial charge on any atom is 0.256 e. The lowest BCUT2D eigenvalue weighted by molar-refractivity contribution is -0.111. The number of nitrogens with zero attached hydrogens (tertiary/aromatic N) is 3. The van der Waals surface area contributed by atoms with Crippen molar-refractivity contribution < 1.29 is 9.18 Å². The maximum absolute atomic E-state index is 13.7. The third-order valence-electron chi connectivity index (χ3n) is 7.66. The molecule has 2 N–H and O–H groups in total. The minimum absolute atomic E-state index is 0.169. The fourth-order valence-corrected chi connectivity index (χ4v) is 5.56. The van der Waals surface area contributed by atoms with E-state index < -0.39 is 0 Å². The van der Waals surface area contributed by atoms with Crippen molar-refractivity contribution in [3.8, 4) is 22.4 Å². The highest BCUT2D eigenvalue weighted by Gasteiger charge is 2.24. The van der Waals surface area contributed by atoms with E-state index in [1.807, 2.05) is 24.5 Å². The topological polar surface area (TPSA) is 70.2 Å². The molecule has 2 aliphatic rings. The van der Waals surface area contributed by atoms with Gasteiger partial charge in [0, 0.05) is 53.4 Å². The molecule has 1 fully saturated rings. The molecule has 2 aliphatic heterocycles. The van der Waals surface area contributed by atoms with Crippen molar-refractivity contribution in [3.63, 3.8) is 0 Å². The highest BCUT2D eigenvalue weighted by Crippen LogP contribution is 2.36. The zero-order chi connectivity index (χ0) is 27.5. The summed E-state index contributed by atoms with van der Waals surface area (Å²) in [6.07, 6.45) is 8.72. The van der Waals surface area contributed by atoms with Crippen LogP contribution in [-0.2, 0) is 11.3 Å². The van der Waals surface area contributed by atoms with E-state index in [4.69, 9.17) is 0 Å². The SMILES string of the molecule is CCC1=C(C(=O)Nc2ccc(-c3cccc(F)c3)nc2)c2cc(-c3cncc(CN4CCCC4)c3)ccc2NC1. The molecule has 202 valence electrons. The van der Waals surface area contributed by atoms with Gasteiger partial charge in [-0.2, -0.15) is 0 Å². The van der Waals surface area contributed by atoms with E-state index in [9.17, 15) is 9.18 Å². The number of nitrogens with one attached hydrogen (secondary N) is 2. The number of benzene rings is 2. The van der Waals surface area contributed by atoms with Crippen LogP contribution in [0.4, 0.5) is 15.8 Å². The Balaban J connectivity index is 1.26. The quantitative estimate of drug-likeness (QED) is 0.274. The number of pyridine rings is 2. The maximum atomic E-state index is 13.7. The summed E-state index contributed by atoms with van der Waals surface area (Å²) in [6, 6.07) is 18.3. The van der Waals surface area contributed by atoms with Crippen LogP contribution in [0.15, 0.2) is 84.8 Å². The number of amides is 1. The van der Waals surface area contributed by atoms with Gasteiger partial charge in [-0.25, -0.2) is 4.39 Å². The molecular weight excluding hydrogens is 501 g/mol. The average Bonchev–Trinajstić information content (AvgIpc) is 3.49. The molecule has 0 spiro atoms. The van der Waals surface area contributed by atoms with Gasteiger partial charge < -0.3 is 10.6 Å². The standard InChI is InChI=1S/C33H32FN5O/c1-2-23-19-36-31-10-8-24(26-14-22(17-35-18-26)21-39-12-3-4-13-39)16-29(31)32(23)33(40)38-28-9-11-30(37-20-28)25-6-5-7-27(34)15-25/h5-11,14-18,20,36H,2-4,12-13,19,21H2,1H3,(H,38,40). The van der Waals surface area contributed by atoms with Crippen LogP contribution in [0.1, 0.15) is 37.3 Å². The van der Waals surface area contributed by atoms with E-state index in [0.717, 1.165) is 54.0 Å². The number of halogens is 1. The van der Waals surface area contributed by atoms with Crippen molar-refractivity contribution in [1.82, 2.24) is 14.9 Å². The monoisotopic (exact) mass is 533 g/mol. The van der Waals surface area contributed by atoms with Crippen molar-refractivity contribution in [2.75, 3.05) is 30.3 Å². The van der Waals surface area contributed by atoms with Crippen LogP contribution in [0, 0.1) is 5.82 Å². The molecule has 1 amide bonds. The van der Waals surface area contributed by atoms with E-state index >= 15 is 0 Å². The molecule has 4 aromatic rings. The summed E-state index contributed by atoms with van der Waals surface area (Å²) in [6.45, 7) is 5.88. The van der Waals surface area contributed by atoms with Gasteiger partial charge in [-0.05, 0) is 91.5 Å². The Labute approximate surface area is 234 Å². The van der Waals surface area contributed by atoms with E-state index in [-0.39, 0.29) is 11.7 Å². The minimum atomic E-state index is -0.311. The molecule has 0 atom stereocenters. The van der Waals surface area contributed by atoms with Gasteiger partial charge in [0.25, 0.3) is 5.91 Å². The molecule has 6 rings (SSSR count). The Kier molecular flexibility index (Phi) is 7.38. The second-order valence-electron chi connectivity index (χ2n) is 10.4. The first-order valence-electron chi connectivity index (χ1n) is 13.9. The van der Waals surface area contributed by atoms with Crippen LogP contribution in [0.2, 0.25) is 0 Å². The Morgan fingerprint density at radius 1 is 0.975 bits per heavy atom. The van der Waals surface area contributed by atoms with Gasteiger partial charge in [-0.15, -0.1) is 0 Å². The molecule has 1 saturated heterocycles. The molecule has 0 bridgehead atoms. The first-order chi connectivity index (χ1) is 19.6. The van der Waals surface area contributed by atoms with Gasteiger partial charge in [-0.3, -0.25) is 19.7 Å². The van der Waals surface area contributed by atoms with Crippen LogP contribution in [0.3, 0.4) is 0 Å². The number of hydrogen-bond donors (Lipinski definition) is 2. The molecule has 6 nitrogen and oxygen atoms in total. The lowest BCUT2D eigenvalue weighted by Crippen LogP contribution is -2.22. The number of hydrogen-bond acceptors (Lipinski definition) is 5. The number of carbonyl (C=O) groups is 1. The summed E-state index contributed by atoms with van der Waals surface area (Å²) in [5.41, 5.74) is 8.74. The molecule has 0 aliphatic carbocycles. The minimum Gasteiger partial charge on any atom is -0.381 e. The fraction of sp³-hybridized carbons (Fsp3) is 0.242. The second kappa shape index (κ2) is 11.4. The number of aromatic nitrogens is 2. The van der Waals surface area contributed by atoms with Gasteiger partial charge in [0.1, 0.15) is 5.82 Å². The summed E-state index contributed by atoms with van der Waals surface area (Å²) in [4.78, 5) is 25.1. The second-order valence-corrected chi connectivity index (χ2v) is 10.4. The Morgan fingerprint density at radius 3 is 2.62 bits per heavy atom. The number of rotatable bonds is 7. The lowest BCUT2D eigenvalue weighted by Gasteiger charge is -2.25. The van der Waals surface area contributed by atoms with Crippen LogP contribution in [0.5, 0.6) is 0 Å². The molecule has 2 aromatic heterocycles. The molecule has 0 radical (unpaired) electrons. The number of anilines is 2. The first kappa shape index (κ1) is 25.9. The van der Waals surface area contributed by atoms with Crippen molar-refractivity contribution in [1.29, 1.82) is 0 Å². The average molecular weight is 534 g/mol. The zero-order valence-corrected chi connectivity index (χ0v) is 22.6. The number of carbonyl (C=O) groups excluding carboxylic acids is 1. The molecular formula is C33H32FN5O. The molecule has 40 heavy (non-hydrogen) atoms. The third kappa shape index (κ3) is 5.51. The first-order valence-corrected chi connectivity index (χ1v) is 13.9. The van der Waals surface area contributed by atoms with Gasteiger partial charge in [-0.1, -0.05) is 25.1 Å². The van der Waals surface area contributed by atoms with Crippen LogP contribution < -0.4 is 10.6 Å². The van der Waals surface area contributed by atoms with Crippen LogP contribution >= 0.6 is 0 Å². The van der Waals surface area contributed by atoms with Gasteiger partial charge in [0.2, 0.25) is 0 Å². The fourth-order valence-electron chi connectivity index (χ4n) is 5.56. The van der Waals surface area contributed by atoms with Crippen LogP contribution in [-0.4, -0.2) is 40.4 Å². The third-order valence-corrected chi connectivity index (χ3v) is 7.66. The van der Waals surface area contributed by atoms with Crippen LogP contribution in [0.25, 0.3) is 28.0 Å². The Morgan fingerprint density at radius 2 is 1.85 bits per heavy atom. The summed E-state index contributed by atoms with van der Waals surface area (Å²) in [5, 5.41) is 6.51. The molecule has 0 unspecified atom stereocenters. The smallest absolute Gasteiger partial charge is 0.256 e. The van der Waals surface area contributed by atoms with Crippen molar-refractivity contribution in [2.24, 2.45) is 0 Å². The number of likely N-dealkylation sites (tertiary alicyclic amines) is 1. The highest BCUT2D eigenvalue weighted by molar-refractivity contribution is 6.28. The summed E-state index contributed by atoms with van der Waals surface area (Å²) < 4.78 is 13.6. The molecule has 0 saturated carbocycles. The van der Waals surface area contributed by atoms with Gasteiger partial charge >= 0.3 is 0 Å². The Hall–Kier alpha value is -4.36. The van der Waals surface area contributed by atoms with E-state index in [1.54, 1.807) is 24.4 Å².